The third-order valence-electron chi connectivity index (χ3n) is 2.58. The van der Waals surface area contributed by atoms with Gasteiger partial charge >= 0.3 is 0 Å². The fourth-order valence-electron chi connectivity index (χ4n) is 1.86. The van der Waals surface area contributed by atoms with Crippen molar-refractivity contribution in [1.29, 1.82) is 0 Å². The van der Waals surface area contributed by atoms with E-state index in [-0.39, 0.29) is 4.90 Å². The fraction of sp³-hybridized carbons (Fsp3) is 0. The predicted molar refractivity (Wildman–Crippen MR) is 61.2 cm³/mol. The molecule has 7 heteroatoms. The first-order chi connectivity index (χ1) is 8.07. The molecule has 0 bridgehead atoms. The molecule has 2 aromatic carbocycles. The summed E-state index contributed by atoms with van der Waals surface area (Å²) in [6, 6.07) is 7.89. The number of nitrogens with zero attached hydrogens (tertiary/aromatic N) is 2. The third kappa shape index (κ3) is 1.48. The lowest BCUT2D eigenvalue weighted by Crippen LogP contribution is -1.98. The first-order valence-corrected chi connectivity index (χ1v) is 6.21. The van der Waals surface area contributed by atoms with E-state index in [2.05, 4.69) is 15.4 Å². The van der Waals surface area contributed by atoms with Gasteiger partial charge in [0, 0.05) is 10.8 Å². The molecule has 0 radical (unpaired) electrons. The lowest BCUT2D eigenvalue weighted by atomic mass is 10.1. The highest BCUT2D eigenvalue weighted by Gasteiger charge is 2.15. The number of fused-ring (bicyclic) bond motifs is 3. The van der Waals surface area contributed by atoms with E-state index in [4.69, 9.17) is 4.55 Å². The Kier molecular flexibility index (Phi) is 1.95. The Morgan fingerprint density at radius 1 is 1.06 bits per heavy atom. The minimum absolute atomic E-state index is 0.125. The highest BCUT2D eigenvalue weighted by molar-refractivity contribution is 7.86. The van der Waals surface area contributed by atoms with Crippen molar-refractivity contribution in [2.45, 2.75) is 4.90 Å². The lowest BCUT2D eigenvalue weighted by Gasteiger charge is -2.03. The van der Waals surface area contributed by atoms with Gasteiger partial charge in [-0.3, -0.25) is 4.55 Å². The molecule has 0 atom stereocenters. The highest BCUT2D eigenvalue weighted by atomic mass is 32.2. The molecule has 0 spiro atoms. The first-order valence-electron chi connectivity index (χ1n) is 4.77. The molecule has 86 valence electrons. The van der Waals surface area contributed by atoms with E-state index in [9.17, 15) is 8.42 Å². The number of benzene rings is 2. The molecule has 0 unspecified atom stereocenters. The van der Waals surface area contributed by atoms with Gasteiger partial charge in [0.05, 0.1) is 0 Å². The van der Waals surface area contributed by atoms with Crippen molar-refractivity contribution in [2.24, 2.45) is 0 Å². The summed E-state index contributed by atoms with van der Waals surface area (Å²) >= 11 is 0. The Hall–Kier alpha value is -1.99. The van der Waals surface area contributed by atoms with Crippen LogP contribution >= 0.6 is 0 Å². The minimum atomic E-state index is -4.24. The normalized spacial score (nSPS) is 12.3. The fourth-order valence-corrected chi connectivity index (χ4v) is 2.57. The van der Waals surface area contributed by atoms with Gasteiger partial charge in [0.1, 0.15) is 15.9 Å². The van der Waals surface area contributed by atoms with Crippen LogP contribution in [0, 0.1) is 0 Å². The zero-order chi connectivity index (χ0) is 12.0. The summed E-state index contributed by atoms with van der Waals surface area (Å²) in [5.74, 6) is 0. The summed E-state index contributed by atoms with van der Waals surface area (Å²) in [5.41, 5.74) is 1.22. The minimum Gasteiger partial charge on any atom is -0.282 e. The number of nitrogens with one attached hydrogen (secondary N) is 1. The van der Waals surface area contributed by atoms with Crippen LogP contribution in [0.2, 0.25) is 0 Å². The van der Waals surface area contributed by atoms with Crippen molar-refractivity contribution in [3.8, 4) is 0 Å². The molecule has 2 N–H and O–H groups in total. The van der Waals surface area contributed by atoms with Crippen LogP contribution in [0.5, 0.6) is 0 Å². The zero-order valence-corrected chi connectivity index (χ0v) is 9.27. The van der Waals surface area contributed by atoms with Crippen LogP contribution in [0.3, 0.4) is 0 Å². The molecule has 3 rings (SSSR count). The van der Waals surface area contributed by atoms with Gasteiger partial charge in [0.25, 0.3) is 10.1 Å². The Bertz CT molecular complexity index is 823. The number of aromatic amines is 1. The second-order valence-electron chi connectivity index (χ2n) is 3.58. The second kappa shape index (κ2) is 3.25. The van der Waals surface area contributed by atoms with Gasteiger partial charge in [-0.2, -0.15) is 23.8 Å². The molecule has 0 aliphatic heterocycles. The third-order valence-corrected chi connectivity index (χ3v) is 3.49. The van der Waals surface area contributed by atoms with Crippen LogP contribution in [0.4, 0.5) is 0 Å². The molecular formula is C10H7N3O3S. The van der Waals surface area contributed by atoms with Gasteiger partial charge in [-0.15, -0.1) is 0 Å². The molecule has 6 nitrogen and oxygen atoms in total. The molecule has 17 heavy (non-hydrogen) atoms. The molecule has 0 aliphatic rings. The summed E-state index contributed by atoms with van der Waals surface area (Å²) in [6.45, 7) is 0. The standard InChI is InChI=1S/C10H7N3O3S/c14-17(15,16)9-3-1-2-7-6(9)4-5-8-10(7)12-13-11-8/h1-5H,(H,11,12,13)(H,14,15,16). The largest absolute Gasteiger partial charge is 0.295 e. The van der Waals surface area contributed by atoms with Crippen molar-refractivity contribution in [1.82, 2.24) is 15.4 Å². The number of rotatable bonds is 1. The van der Waals surface area contributed by atoms with Gasteiger partial charge in [0.2, 0.25) is 0 Å². The van der Waals surface area contributed by atoms with Gasteiger partial charge in [-0.1, -0.05) is 18.2 Å². The summed E-state index contributed by atoms with van der Waals surface area (Å²) in [5, 5.41) is 11.4. The van der Waals surface area contributed by atoms with Gasteiger partial charge < -0.3 is 0 Å². The van der Waals surface area contributed by atoms with Crippen molar-refractivity contribution in [2.75, 3.05) is 0 Å². The molecule has 0 fully saturated rings. The summed E-state index contributed by atoms with van der Waals surface area (Å²) in [7, 11) is -4.24. The molecular weight excluding hydrogens is 242 g/mol. The zero-order valence-electron chi connectivity index (χ0n) is 8.45. The molecule has 1 heterocycles. The van der Waals surface area contributed by atoms with Crippen molar-refractivity contribution < 1.29 is 13.0 Å². The monoisotopic (exact) mass is 249 g/mol. The molecule has 0 amide bonds. The number of H-pyrrole nitrogens is 1. The SMILES string of the molecule is O=S(=O)(O)c1cccc2c1ccc1n[nH]nc12. The molecule has 0 saturated carbocycles. The summed E-state index contributed by atoms with van der Waals surface area (Å²) in [6.07, 6.45) is 0. The lowest BCUT2D eigenvalue weighted by molar-refractivity contribution is 0.484. The maximum Gasteiger partial charge on any atom is 0.295 e. The average molecular weight is 249 g/mol. The number of hydrogen-bond acceptors (Lipinski definition) is 4. The Morgan fingerprint density at radius 2 is 1.88 bits per heavy atom. The number of hydrogen-bond donors (Lipinski definition) is 2. The smallest absolute Gasteiger partial charge is 0.282 e. The van der Waals surface area contributed by atoms with E-state index in [1.807, 2.05) is 0 Å². The van der Waals surface area contributed by atoms with Crippen LogP contribution < -0.4 is 0 Å². The molecule has 3 aromatic rings. The molecule has 0 saturated heterocycles. The van der Waals surface area contributed by atoms with E-state index >= 15 is 0 Å². The average Bonchev–Trinajstić information content (AvgIpc) is 2.75. The Labute approximate surface area is 96.0 Å². The van der Waals surface area contributed by atoms with Crippen LogP contribution in [0.25, 0.3) is 21.8 Å². The molecule has 0 aliphatic carbocycles. The van der Waals surface area contributed by atoms with Crippen LogP contribution in [0.15, 0.2) is 35.2 Å². The van der Waals surface area contributed by atoms with Crippen molar-refractivity contribution in [3.63, 3.8) is 0 Å². The quantitative estimate of drug-likeness (QED) is 0.635. The maximum absolute atomic E-state index is 11.2. The van der Waals surface area contributed by atoms with Crippen LogP contribution in [-0.2, 0) is 10.1 Å². The maximum atomic E-state index is 11.2. The van der Waals surface area contributed by atoms with Crippen molar-refractivity contribution in [3.05, 3.63) is 30.3 Å². The van der Waals surface area contributed by atoms with Crippen LogP contribution in [-0.4, -0.2) is 28.4 Å². The summed E-state index contributed by atoms with van der Waals surface area (Å²) < 4.78 is 31.6. The van der Waals surface area contributed by atoms with E-state index in [0.717, 1.165) is 0 Å². The van der Waals surface area contributed by atoms with Gasteiger partial charge in [0.15, 0.2) is 0 Å². The second-order valence-corrected chi connectivity index (χ2v) is 4.97. The Balaban J connectivity index is 2.57. The van der Waals surface area contributed by atoms with Crippen LogP contribution in [0.1, 0.15) is 0 Å². The van der Waals surface area contributed by atoms with Gasteiger partial charge in [-0.05, 0) is 12.1 Å². The summed E-state index contributed by atoms with van der Waals surface area (Å²) in [4.78, 5) is -0.125. The highest BCUT2D eigenvalue weighted by Crippen LogP contribution is 2.27. The predicted octanol–water partition coefficient (Wildman–Crippen LogP) is 1.36. The van der Waals surface area contributed by atoms with E-state index in [1.165, 1.54) is 6.07 Å². The van der Waals surface area contributed by atoms with E-state index < -0.39 is 10.1 Å². The van der Waals surface area contributed by atoms with E-state index in [1.54, 1.807) is 24.3 Å². The first kappa shape index (κ1) is 10.2. The van der Waals surface area contributed by atoms with Gasteiger partial charge in [-0.25, -0.2) is 0 Å². The van der Waals surface area contributed by atoms with E-state index in [0.29, 0.717) is 21.8 Å². The topological polar surface area (TPSA) is 95.9 Å². The van der Waals surface area contributed by atoms with Crippen molar-refractivity contribution >= 4 is 31.9 Å². The number of aromatic nitrogens is 3. The molecule has 1 aromatic heterocycles. The Morgan fingerprint density at radius 3 is 2.65 bits per heavy atom.